The van der Waals surface area contributed by atoms with Gasteiger partial charge in [0.2, 0.25) is 0 Å². The lowest BCUT2D eigenvalue weighted by Crippen LogP contribution is -2.22. The first-order valence-electron chi connectivity index (χ1n) is 6.13. The Morgan fingerprint density at radius 3 is 2.95 bits per heavy atom. The van der Waals surface area contributed by atoms with Crippen LogP contribution in [-0.2, 0) is 6.54 Å². The first-order valence-corrected chi connectivity index (χ1v) is 7.30. The van der Waals surface area contributed by atoms with Gasteiger partial charge in [0.25, 0.3) is 0 Å². The Kier molecular flexibility index (Phi) is 3.78. The lowest BCUT2D eigenvalue weighted by atomic mass is 10.1. The molecule has 0 saturated carbocycles. The molecule has 1 aliphatic rings. The van der Waals surface area contributed by atoms with Gasteiger partial charge in [-0.3, -0.25) is 0 Å². The van der Waals surface area contributed by atoms with Gasteiger partial charge in [-0.15, -0.1) is 0 Å². The van der Waals surface area contributed by atoms with E-state index < -0.39 is 0 Å². The smallest absolute Gasteiger partial charge is 0.124 e. The average Bonchev–Trinajstić information content (AvgIpc) is 2.81. The van der Waals surface area contributed by atoms with Crippen LogP contribution < -0.4 is 10.1 Å². The quantitative estimate of drug-likeness (QED) is 0.899. The summed E-state index contributed by atoms with van der Waals surface area (Å²) in [5, 5.41) is 4.26. The molecule has 0 aromatic heterocycles. The van der Waals surface area contributed by atoms with E-state index in [4.69, 9.17) is 16.3 Å². The third kappa shape index (κ3) is 2.78. The summed E-state index contributed by atoms with van der Waals surface area (Å²) in [5.41, 5.74) is 2.31. The van der Waals surface area contributed by atoms with Gasteiger partial charge >= 0.3 is 0 Å². The molecule has 1 heterocycles. The maximum absolute atomic E-state index is 6.21. The maximum atomic E-state index is 6.21. The highest BCUT2D eigenvalue weighted by molar-refractivity contribution is 9.10. The lowest BCUT2D eigenvalue weighted by molar-refractivity contribution is 0.310. The topological polar surface area (TPSA) is 21.3 Å². The molecule has 1 N–H and O–H groups in total. The molecular formula is C15H13BrClNO. The number of nitrogens with one attached hydrogen (secondary N) is 1. The maximum Gasteiger partial charge on any atom is 0.124 e. The Morgan fingerprint density at radius 1 is 1.26 bits per heavy atom. The number of hydrogen-bond donors (Lipinski definition) is 1. The van der Waals surface area contributed by atoms with Crippen LogP contribution in [0.15, 0.2) is 46.9 Å². The van der Waals surface area contributed by atoms with Crippen molar-refractivity contribution in [2.24, 2.45) is 0 Å². The summed E-state index contributed by atoms with van der Waals surface area (Å²) in [6.07, 6.45) is 0. The van der Waals surface area contributed by atoms with Crippen LogP contribution in [0.25, 0.3) is 0 Å². The fourth-order valence-corrected chi connectivity index (χ4v) is 2.97. The van der Waals surface area contributed by atoms with Gasteiger partial charge in [-0.2, -0.15) is 0 Å². The van der Waals surface area contributed by atoms with Crippen molar-refractivity contribution < 1.29 is 4.74 Å². The van der Waals surface area contributed by atoms with Gasteiger partial charge < -0.3 is 10.1 Å². The van der Waals surface area contributed by atoms with Crippen LogP contribution in [0.1, 0.15) is 17.2 Å². The van der Waals surface area contributed by atoms with Gasteiger partial charge in [-0.25, -0.2) is 0 Å². The molecule has 1 unspecified atom stereocenters. The molecular weight excluding hydrogens is 326 g/mol. The molecule has 0 saturated heterocycles. The van der Waals surface area contributed by atoms with Gasteiger partial charge in [-0.1, -0.05) is 51.8 Å². The van der Waals surface area contributed by atoms with Gasteiger partial charge in [0, 0.05) is 21.6 Å². The van der Waals surface area contributed by atoms with E-state index in [0.717, 1.165) is 27.4 Å². The molecule has 0 spiro atoms. The van der Waals surface area contributed by atoms with Gasteiger partial charge in [0.05, 0.1) is 6.04 Å². The number of hydrogen-bond acceptors (Lipinski definition) is 2. The molecule has 0 fully saturated rings. The van der Waals surface area contributed by atoms with E-state index >= 15 is 0 Å². The Hall–Kier alpha value is -1.03. The zero-order valence-corrected chi connectivity index (χ0v) is 12.5. The van der Waals surface area contributed by atoms with E-state index in [1.165, 1.54) is 5.56 Å². The summed E-state index contributed by atoms with van der Waals surface area (Å²) >= 11 is 9.62. The highest BCUT2D eigenvalue weighted by Gasteiger charge is 2.22. The Morgan fingerprint density at radius 2 is 2.11 bits per heavy atom. The van der Waals surface area contributed by atoms with Crippen molar-refractivity contribution in [3.8, 4) is 5.75 Å². The Balaban J connectivity index is 1.71. The molecule has 1 aliphatic heterocycles. The Labute approximate surface area is 125 Å². The summed E-state index contributed by atoms with van der Waals surface area (Å²) in [7, 11) is 0. The second-order valence-electron chi connectivity index (χ2n) is 4.52. The predicted octanol–water partition coefficient (Wildman–Crippen LogP) is 4.33. The molecule has 0 aliphatic carbocycles. The highest BCUT2D eigenvalue weighted by atomic mass is 79.9. The van der Waals surface area contributed by atoms with Crippen LogP contribution in [0, 0.1) is 0 Å². The third-order valence-corrected chi connectivity index (χ3v) is 4.10. The van der Waals surface area contributed by atoms with Crippen molar-refractivity contribution in [1.29, 1.82) is 0 Å². The minimum Gasteiger partial charge on any atom is -0.491 e. The van der Waals surface area contributed by atoms with E-state index in [9.17, 15) is 0 Å². The normalized spacial score (nSPS) is 17.1. The zero-order valence-electron chi connectivity index (χ0n) is 10.2. The van der Waals surface area contributed by atoms with Gasteiger partial charge in [-0.05, 0) is 23.8 Å². The van der Waals surface area contributed by atoms with Crippen LogP contribution in [0.5, 0.6) is 5.75 Å². The fourth-order valence-electron chi connectivity index (χ4n) is 2.23. The SMILES string of the molecule is Clc1cc(Br)ccc1CNC1COc2ccccc21. The fraction of sp³-hybridized carbons (Fsp3) is 0.200. The highest BCUT2D eigenvalue weighted by Crippen LogP contribution is 2.32. The first-order chi connectivity index (χ1) is 9.24. The third-order valence-electron chi connectivity index (χ3n) is 3.25. The minimum absolute atomic E-state index is 0.232. The van der Waals surface area contributed by atoms with E-state index in [-0.39, 0.29) is 6.04 Å². The van der Waals surface area contributed by atoms with E-state index in [1.807, 2.05) is 36.4 Å². The largest absolute Gasteiger partial charge is 0.491 e. The monoisotopic (exact) mass is 337 g/mol. The molecule has 4 heteroatoms. The number of rotatable bonds is 3. The molecule has 0 radical (unpaired) electrons. The van der Waals surface area contributed by atoms with Crippen LogP contribution in [0.4, 0.5) is 0 Å². The van der Waals surface area contributed by atoms with Crippen molar-refractivity contribution in [2.45, 2.75) is 12.6 Å². The van der Waals surface area contributed by atoms with Crippen LogP contribution in [0.3, 0.4) is 0 Å². The van der Waals surface area contributed by atoms with E-state index in [2.05, 4.69) is 27.3 Å². The molecule has 3 rings (SSSR count). The molecule has 98 valence electrons. The summed E-state index contributed by atoms with van der Waals surface area (Å²) in [4.78, 5) is 0. The van der Waals surface area contributed by atoms with E-state index in [0.29, 0.717) is 6.61 Å². The molecule has 1 atom stereocenters. The number of halogens is 2. The lowest BCUT2D eigenvalue weighted by Gasteiger charge is -2.12. The van der Waals surface area contributed by atoms with Crippen molar-refractivity contribution in [3.05, 3.63) is 63.1 Å². The first kappa shape index (κ1) is 13.0. The molecule has 2 aromatic carbocycles. The molecule has 2 aromatic rings. The summed E-state index contributed by atoms with van der Waals surface area (Å²) in [6, 6.07) is 14.3. The number of ether oxygens (including phenoxy) is 1. The summed E-state index contributed by atoms with van der Waals surface area (Å²) < 4.78 is 6.64. The predicted molar refractivity (Wildman–Crippen MR) is 80.7 cm³/mol. The number of benzene rings is 2. The second-order valence-corrected chi connectivity index (χ2v) is 5.84. The van der Waals surface area contributed by atoms with Crippen LogP contribution in [-0.4, -0.2) is 6.61 Å². The van der Waals surface area contributed by atoms with Crippen molar-refractivity contribution in [1.82, 2.24) is 5.32 Å². The molecule has 0 bridgehead atoms. The molecule has 0 amide bonds. The molecule has 2 nitrogen and oxygen atoms in total. The second kappa shape index (κ2) is 5.53. The summed E-state index contributed by atoms with van der Waals surface area (Å²) in [5.74, 6) is 0.974. The Bertz CT molecular complexity index is 602. The van der Waals surface area contributed by atoms with Crippen molar-refractivity contribution in [2.75, 3.05) is 6.61 Å². The number of fused-ring (bicyclic) bond motifs is 1. The van der Waals surface area contributed by atoms with Gasteiger partial charge in [0.15, 0.2) is 0 Å². The van der Waals surface area contributed by atoms with E-state index in [1.54, 1.807) is 0 Å². The zero-order chi connectivity index (χ0) is 13.2. The van der Waals surface area contributed by atoms with Crippen molar-refractivity contribution >= 4 is 27.5 Å². The minimum atomic E-state index is 0.232. The summed E-state index contributed by atoms with van der Waals surface area (Å²) in [6.45, 7) is 1.40. The van der Waals surface area contributed by atoms with Gasteiger partial charge in [0.1, 0.15) is 12.4 Å². The van der Waals surface area contributed by atoms with Crippen LogP contribution in [0.2, 0.25) is 5.02 Å². The van der Waals surface area contributed by atoms with Crippen molar-refractivity contribution in [3.63, 3.8) is 0 Å². The van der Waals surface area contributed by atoms with Crippen LogP contribution >= 0.6 is 27.5 Å². The average molecular weight is 339 g/mol. The molecule has 19 heavy (non-hydrogen) atoms. The standard InChI is InChI=1S/C15H13BrClNO/c16-11-6-5-10(13(17)7-11)8-18-14-9-19-15-4-2-1-3-12(14)15/h1-7,14,18H,8-9H2. The number of para-hydroxylation sites is 1.